The van der Waals surface area contributed by atoms with Crippen molar-refractivity contribution in [2.45, 2.75) is 102 Å². The largest absolute Gasteiger partial charge is 0.481 e. The summed E-state index contributed by atoms with van der Waals surface area (Å²) < 4.78 is 22.1. The molecule has 420 valence electrons. The van der Waals surface area contributed by atoms with Gasteiger partial charge in [-0.3, -0.25) is 57.6 Å². The van der Waals surface area contributed by atoms with Gasteiger partial charge in [0.05, 0.1) is 61.1 Å². The smallest absolute Gasteiger partial charge is 0.343 e. The Morgan fingerprint density at radius 2 is 1.48 bits per heavy atom. The Hall–Kier alpha value is -9.20. The van der Waals surface area contributed by atoms with Gasteiger partial charge in [0.1, 0.15) is 24.5 Å². The summed E-state index contributed by atoms with van der Waals surface area (Å²) in [7, 11) is 0. The number of nitrogens with zero attached hydrogens (tertiary/aromatic N) is 3. The SMILES string of the molecule is CC[C@@]1(O)C(=O)OCc2c1cc1n(c2=O)Cc2c-1nc1cc(F)c(C)c3c1c2[C@@H](NC(=O)CCCNC(=O)CNC(=O)[C@H](Cc1ccccc1)NC(=O)CNC(=O)CNC(=O)[C@H](CC(=O)O)NC(=O)CCN1C(=O)C=CC1=O)CC3. The van der Waals surface area contributed by atoms with Crippen LogP contribution in [0.15, 0.2) is 59.4 Å². The number of pyridine rings is 2. The van der Waals surface area contributed by atoms with Crippen LogP contribution in [0.25, 0.3) is 22.3 Å². The highest BCUT2D eigenvalue weighted by atomic mass is 19.1. The molecule has 5 heterocycles. The van der Waals surface area contributed by atoms with Crippen LogP contribution < -0.4 is 42.8 Å². The summed E-state index contributed by atoms with van der Waals surface area (Å²) in [6.45, 7) is 0.773. The van der Waals surface area contributed by atoms with Crippen LogP contribution in [0.2, 0.25) is 0 Å². The number of imide groups is 1. The molecule has 80 heavy (non-hydrogen) atoms. The van der Waals surface area contributed by atoms with Gasteiger partial charge in [0.25, 0.3) is 17.4 Å². The van der Waals surface area contributed by atoms with Gasteiger partial charge in [0, 0.05) is 67.1 Å². The van der Waals surface area contributed by atoms with Crippen molar-refractivity contribution in [3.8, 4) is 11.4 Å². The van der Waals surface area contributed by atoms with Gasteiger partial charge < -0.3 is 56.7 Å². The fraction of sp³-hybridized carbons (Fsp3) is 0.389. The zero-order chi connectivity index (χ0) is 57.6. The molecule has 4 atom stereocenters. The van der Waals surface area contributed by atoms with E-state index < -0.39 is 127 Å². The summed E-state index contributed by atoms with van der Waals surface area (Å²) in [5.74, 6) is -9.44. The van der Waals surface area contributed by atoms with E-state index in [1.54, 1.807) is 50.2 Å². The fourth-order valence-electron chi connectivity index (χ4n) is 10.1. The molecule has 2 aromatic heterocycles. The normalized spacial score (nSPS) is 17.3. The second-order valence-corrected chi connectivity index (χ2v) is 19.6. The maximum atomic E-state index is 15.4. The number of benzene rings is 2. The highest BCUT2D eigenvalue weighted by Gasteiger charge is 2.46. The van der Waals surface area contributed by atoms with Crippen LogP contribution in [0.1, 0.15) is 90.4 Å². The third-order valence-electron chi connectivity index (χ3n) is 14.3. The lowest BCUT2D eigenvalue weighted by Gasteiger charge is -2.31. The number of hydrogen-bond acceptors (Lipinski definition) is 15. The van der Waals surface area contributed by atoms with Crippen LogP contribution in [0.5, 0.6) is 0 Å². The van der Waals surface area contributed by atoms with Crippen molar-refractivity contribution in [3.63, 3.8) is 0 Å². The van der Waals surface area contributed by atoms with E-state index in [-0.39, 0.29) is 69.0 Å². The standard InChI is InChI=1S/C54H57FN10O15/c1-3-54(79)32-19-38-49-30(25-65(38)52(77)31(32)26-80-53(54)78)48-34(12-11-29-27(2)33(55)20-35(63-49)47(29)48)60-39(66)10-7-16-56-41(68)22-58-50(75)36(18-28-8-5-4-6-9-28)62-43(70)24-57-42(69)23-59-51(76)37(21-46(73)74)61-40(67)15-17-64-44(71)13-14-45(64)72/h4-6,8-9,13-14,19-20,34,36-37,79H,3,7,10-12,15-18,21-26H2,1-2H3,(H,56,68)(H,57,69)(H,58,75)(H,59,76)(H,60,66)(H,61,67)(H,62,70)(H,73,74)/t34-,36-,37-,54-/m0/s1. The van der Waals surface area contributed by atoms with Crippen molar-refractivity contribution in [3.05, 3.63) is 110 Å². The summed E-state index contributed by atoms with van der Waals surface area (Å²) in [6.07, 6.45) is 1.61. The Bertz CT molecular complexity index is 3350. The lowest BCUT2D eigenvalue weighted by molar-refractivity contribution is -0.172. The van der Waals surface area contributed by atoms with E-state index in [4.69, 9.17) is 9.72 Å². The number of carbonyl (C=O) groups excluding carboxylic acids is 10. The number of aromatic nitrogens is 2. The summed E-state index contributed by atoms with van der Waals surface area (Å²) in [6, 6.07) is 7.99. The Morgan fingerprint density at radius 1 is 0.812 bits per heavy atom. The van der Waals surface area contributed by atoms with Gasteiger partial charge in [-0.25, -0.2) is 14.2 Å². The number of esters is 1. The number of aryl methyl sites for hydroxylation is 1. The quantitative estimate of drug-likeness (QED) is 0.0212. The van der Waals surface area contributed by atoms with E-state index in [0.717, 1.165) is 22.6 Å². The van der Waals surface area contributed by atoms with Crippen LogP contribution >= 0.6 is 0 Å². The molecule has 4 aliphatic rings. The third-order valence-corrected chi connectivity index (χ3v) is 14.3. The maximum absolute atomic E-state index is 15.4. The first-order valence-electron chi connectivity index (χ1n) is 25.7. The lowest BCUT2D eigenvalue weighted by Crippen LogP contribution is -2.53. The second kappa shape index (κ2) is 24.2. The van der Waals surface area contributed by atoms with Crippen molar-refractivity contribution in [1.82, 2.24) is 51.7 Å². The number of carboxylic acid groups (broad SMARTS) is 1. The predicted molar refractivity (Wildman–Crippen MR) is 276 cm³/mol. The molecular weight excluding hydrogens is 1050 g/mol. The minimum Gasteiger partial charge on any atom is -0.481 e. The van der Waals surface area contributed by atoms with E-state index >= 15 is 4.39 Å². The summed E-state index contributed by atoms with van der Waals surface area (Å²) in [5.41, 5.74) is 1.86. The van der Waals surface area contributed by atoms with E-state index in [0.29, 0.717) is 57.4 Å². The zero-order valence-electron chi connectivity index (χ0n) is 43.5. The molecule has 0 spiro atoms. The molecule has 2 aromatic carbocycles. The van der Waals surface area contributed by atoms with Gasteiger partial charge in [-0.15, -0.1) is 0 Å². The van der Waals surface area contributed by atoms with Gasteiger partial charge in [-0.2, -0.15) is 0 Å². The summed E-state index contributed by atoms with van der Waals surface area (Å²) in [4.78, 5) is 158. The summed E-state index contributed by atoms with van der Waals surface area (Å²) >= 11 is 0. The van der Waals surface area contributed by atoms with Crippen molar-refractivity contribution in [1.29, 1.82) is 0 Å². The predicted octanol–water partition coefficient (Wildman–Crippen LogP) is -1.12. The molecule has 0 bridgehead atoms. The molecule has 26 heteroatoms. The van der Waals surface area contributed by atoms with E-state index in [1.165, 1.54) is 10.6 Å². The average Bonchev–Trinajstić information content (AvgIpc) is 4.01. The number of ether oxygens (including phenoxy) is 1. The molecule has 0 unspecified atom stereocenters. The number of halogens is 1. The first-order valence-corrected chi connectivity index (χ1v) is 25.7. The molecule has 0 fully saturated rings. The fourth-order valence-corrected chi connectivity index (χ4v) is 10.1. The lowest BCUT2D eigenvalue weighted by atomic mass is 9.81. The molecule has 1 aliphatic carbocycles. The van der Waals surface area contributed by atoms with Crippen molar-refractivity contribution in [2.75, 3.05) is 32.7 Å². The first-order chi connectivity index (χ1) is 38.2. The number of hydrogen-bond donors (Lipinski definition) is 9. The molecule has 8 rings (SSSR count). The molecule has 3 aliphatic heterocycles. The monoisotopic (exact) mass is 1100 g/mol. The van der Waals surface area contributed by atoms with Crippen LogP contribution in [-0.2, 0) is 89.1 Å². The Balaban J connectivity index is 0.815. The highest BCUT2D eigenvalue weighted by molar-refractivity contribution is 6.13. The Labute approximate surface area is 454 Å². The van der Waals surface area contributed by atoms with Gasteiger partial charge in [-0.1, -0.05) is 37.3 Å². The van der Waals surface area contributed by atoms with Crippen LogP contribution in [0.4, 0.5) is 4.39 Å². The minimum atomic E-state index is -2.06. The molecule has 0 saturated carbocycles. The van der Waals surface area contributed by atoms with E-state index in [9.17, 15) is 67.7 Å². The van der Waals surface area contributed by atoms with Gasteiger partial charge in [-0.05, 0) is 60.9 Å². The third kappa shape index (κ3) is 12.4. The van der Waals surface area contributed by atoms with Crippen molar-refractivity contribution >= 4 is 76.0 Å². The molecule has 4 aromatic rings. The molecule has 0 radical (unpaired) electrons. The Kier molecular flexibility index (Phi) is 17.3. The van der Waals surface area contributed by atoms with E-state index in [1.807, 2.05) is 0 Å². The zero-order valence-corrected chi connectivity index (χ0v) is 43.5. The average molecular weight is 1110 g/mol. The van der Waals surface area contributed by atoms with Gasteiger partial charge in [0.15, 0.2) is 5.60 Å². The molecule has 9 N–H and O–H groups in total. The van der Waals surface area contributed by atoms with Gasteiger partial charge >= 0.3 is 11.9 Å². The summed E-state index contributed by atoms with van der Waals surface area (Å²) in [5, 5.41) is 38.7. The maximum Gasteiger partial charge on any atom is 0.343 e. The number of fused-ring (bicyclic) bond motifs is 5. The number of nitrogens with one attached hydrogen (secondary N) is 7. The first kappa shape index (κ1) is 57.0. The van der Waals surface area contributed by atoms with Crippen LogP contribution in [0, 0.1) is 12.7 Å². The Morgan fingerprint density at radius 3 is 2.16 bits per heavy atom. The second-order valence-electron chi connectivity index (χ2n) is 19.6. The number of cyclic esters (lactones) is 1. The van der Waals surface area contributed by atoms with Gasteiger partial charge in [0.2, 0.25) is 41.4 Å². The molecule has 0 saturated heterocycles. The highest BCUT2D eigenvalue weighted by Crippen LogP contribution is 2.46. The van der Waals surface area contributed by atoms with Crippen LogP contribution in [0.3, 0.4) is 0 Å². The number of carbonyl (C=O) groups is 11. The molecule has 9 amide bonds. The van der Waals surface area contributed by atoms with Crippen molar-refractivity contribution in [2.24, 2.45) is 0 Å². The minimum absolute atomic E-state index is 0.0253. The number of aliphatic carboxylic acids is 1. The van der Waals surface area contributed by atoms with E-state index in [2.05, 4.69) is 37.2 Å². The van der Waals surface area contributed by atoms with Crippen LogP contribution in [-0.4, -0.2) is 135 Å². The number of amides is 9. The number of rotatable bonds is 23. The molecule has 25 nitrogen and oxygen atoms in total. The van der Waals surface area contributed by atoms with Crippen molar-refractivity contribution < 1.29 is 72.1 Å². The number of aliphatic hydroxyl groups is 1. The molecular formula is C54H57FN10O15. The topological polar surface area (TPSA) is 360 Å². The number of carboxylic acids is 1.